The predicted octanol–water partition coefficient (Wildman–Crippen LogP) is 2.52. The molecular weight excluding hydrogens is 346 g/mol. The summed E-state index contributed by atoms with van der Waals surface area (Å²) in [5, 5.41) is 6.78. The summed E-state index contributed by atoms with van der Waals surface area (Å²) in [6.45, 7) is 2.03. The first-order valence-electron chi connectivity index (χ1n) is 8.39. The molecule has 142 valence electrons. The van der Waals surface area contributed by atoms with Crippen LogP contribution in [0.15, 0.2) is 53.6 Å². The van der Waals surface area contributed by atoms with Gasteiger partial charge in [0.05, 0.1) is 20.6 Å². The SMILES string of the molecule is COc1ccc(C(=O)N/N=C(\C)CC(=O)NCc2ccccc2OC)cc1. The van der Waals surface area contributed by atoms with E-state index < -0.39 is 0 Å². The van der Waals surface area contributed by atoms with Crippen LogP contribution in [0, 0.1) is 0 Å². The summed E-state index contributed by atoms with van der Waals surface area (Å²) in [7, 11) is 3.14. The fraction of sp³-hybridized carbons (Fsp3) is 0.250. The van der Waals surface area contributed by atoms with Crippen molar-refractivity contribution in [1.82, 2.24) is 10.7 Å². The second-order valence-electron chi connectivity index (χ2n) is 5.78. The van der Waals surface area contributed by atoms with Crippen LogP contribution in [-0.2, 0) is 11.3 Å². The number of nitrogens with one attached hydrogen (secondary N) is 2. The van der Waals surface area contributed by atoms with Gasteiger partial charge in [-0.25, -0.2) is 5.43 Å². The molecule has 7 heteroatoms. The van der Waals surface area contributed by atoms with Crippen LogP contribution in [0.25, 0.3) is 0 Å². The molecule has 2 aromatic rings. The Kier molecular flexibility index (Phi) is 7.37. The average Bonchev–Trinajstić information content (AvgIpc) is 2.70. The lowest BCUT2D eigenvalue weighted by molar-refractivity contribution is -0.120. The van der Waals surface area contributed by atoms with E-state index in [1.807, 2.05) is 24.3 Å². The summed E-state index contributed by atoms with van der Waals surface area (Å²) < 4.78 is 10.3. The molecule has 0 heterocycles. The molecule has 7 nitrogen and oxygen atoms in total. The maximum absolute atomic E-state index is 12.1. The van der Waals surface area contributed by atoms with E-state index in [2.05, 4.69) is 15.8 Å². The van der Waals surface area contributed by atoms with Crippen molar-refractivity contribution in [2.24, 2.45) is 5.10 Å². The van der Waals surface area contributed by atoms with E-state index in [0.29, 0.717) is 23.6 Å². The van der Waals surface area contributed by atoms with Gasteiger partial charge in [-0.3, -0.25) is 9.59 Å². The smallest absolute Gasteiger partial charge is 0.271 e. The molecule has 0 aliphatic rings. The van der Waals surface area contributed by atoms with Gasteiger partial charge in [0.1, 0.15) is 11.5 Å². The minimum atomic E-state index is -0.355. The van der Waals surface area contributed by atoms with Gasteiger partial charge >= 0.3 is 0 Å². The number of amides is 2. The van der Waals surface area contributed by atoms with Gasteiger partial charge in [0, 0.05) is 23.4 Å². The normalized spacial score (nSPS) is 10.9. The standard InChI is InChI=1S/C20H23N3O4/c1-14(22-23-20(25)15-8-10-17(26-2)11-9-15)12-19(24)21-13-16-6-4-5-7-18(16)27-3/h4-11H,12-13H2,1-3H3,(H,21,24)(H,23,25)/b22-14+. The molecule has 0 fully saturated rings. The zero-order chi connectivity index (χ0) is 19.6. The second-order valence-corrected chi connectivity index (χ2v) is 5.78. The van der Waals surface area contributed by atoms with Crippen LogP contribution in [0.5, 0.6) is 11.5 Å². The van der Waals surface area contributed by atoms with E-state index in [9.17, 15) is 9.59 Å². The van der Waals surface area contributed by atoms with E-state index in [0.717, 1.165) is 11.3 Å². The van der Waals surface area contributed by atoms with Crippen molar-refractivity contribution in [3.8, 4) is 11.5 Å². The molecule has 0 saturated heterocycles. The molecule has 2 amide bonds. The van der Waals surface area contributed by atoms with Gasteiger partial charge in [-0.15, -0.1) is 0 Å². The van der Waals surface area contributed by atoms with Gasteiger partial charge in [0.25, 0.3) is 5.91 Å². The van der Waals surface area contributed by atoms with Crippen LogP contribution in [0.2, 0.25) is 0 Å². The molecule has 0 spiro atoms. The second kappa shape index (κ2) is 9.96. The highest BCUT2D eigenvalue weighted by Gasteiger charge is 2.08. The quantitative estimate of drug-likeness (QED) is 0.553. The third-order valence-electron chi connectivity index (χ3n) is 3.79. The lowest BCUT2D eigenvalue weighted by Crippen LogP contribution is -2.26. The number of nitrogens with zero attached hydrogens (tertiary/aromatic N) is 1. The number of para-hydroxylation sites is 1. The van der Waals surface area contributed by atoms with E-state index in [1.165, 1.54) is 0 Å². The summed E-state index contributed by atoms with van der Waals surface area (Å²) in [5.41, 5.74) is 4.27. The van der Waals surface area contributed by atoms with Crippen molar-refractivity contribution in [2.45, 2.75) is 19.9 Å². The van der Waals surface area contributed by atoms with E-state index in [4.69, 9.17) is 9.47 Å². The average molecular weight is 369 g/mol. The van der Waals surface area contributed by atoms with Crippen molar-refractivity contribution in [3.63, 3.8) is 0 Å². The largest absolute Gasteiger partial charge is 0.497 e. The number of methoxy groups -OCH3 is 2. The minimum Gasteiger partial charge on any atom is -0.497 e. The third kappa shape index (κ3) is 6.14. The van der Waals surface area contributed by atoms with Crippen molar-refractivity contribution in [1.29, 1.82) is 0 Å². The first kappa shape index (κ1) is 20.0. The Hall–Kier alpha value is -3.35. The predicted molar refractivity (Wildman–Crippen MR) is 103 cm³/mol. The van der Waals surface area contributed by atoms with Gasteiger partial charge in [0.15, 0.2) is 0 Å². The molecule has 0 bridgehead atoms. The van der Waals surface area contributed by atoms with Gasteiger partial charge in [0.2, 0.25) is 5.91 Å². The Morgan fingerprint density at radius 2 is 1.70 bits per heavy atom. The van der Waals surface area contributed by atoms with Crippen LogP contribution in [-0.4, -0.2) is 31.7 Å². The lowest BCUT2D eigenvalue weighted by atomic mass is 10.2. The number of hydrogen-bond acceptors (Lipinski definition) is 5. The Bertz CT molecular complexity index is 816. The first-order chi connectivity index (χ1) is 13.0. The number of carbonyl (C=O) groups excluding carboxylic acids is 2. The van der Waals surface area contributed by atoms with E-state index >= 15 is 0 Å². The van der Waals surface area contributed by atoms with Crippen LogP contribution < -0.4 is 20.2 Å². The molecular formula is C20H23N3O4. The van der Waals surface area contributed by atoms with Gasteiger partial charge in [-0.05, 0) is 37.3 Å². The summed E-state index contributed by atoms with van der Waals surface area (Å²) in [5.74, 6) is 0.833. The highest BCUT2D eigenvalue weighted by molar-refractivity contribution is 6.01. The molecule has 2 rings (SSSR count). The van der Waals surface area contributed by atoms with Gasteiger partial charge in [-0.2, -0.15) is 5.10 Å². The highest BCUT2D eigenvalue weighted by Crippen LogP contribution is 2.16. The monoisotopic (exact) mass is 369 g/mol. The maximum Gasteiger partial charge on any atom is 0.271 e. The molecule has 0 unspecified atom stereocenters. The van der Waals surface area contributed by atoms with Crippen LogP contribution in [0.4, 0.5) is 0 Å². The number of benzene rings is 2. The van der Waals surface area contributed by atoms with Crippen LogP contribution in [0.1, 0.15) is 29.3 Å². The molecule has 0 aromatic heterocycles. The van der Waals surface area contributed by atoms with Crippen molar-refractivity contribution < 1.29 is 19.1 Å². The van der Waals surface area contributed by atoms with Crippen molar-refractivity contribution in [2.75, 3.05) is 14.2 Å². The van der Waals surface area contributed by atoms with E-state index in [1.54, 1.807) is 45.4 Å². The van der Waals surface area contributed by atoms with E-state index in [-0.39, 0.29) is 18.2 Å². The lowest BCUT2D eigenvalue weighted by Gasteiger charge is -2.09. The molecule has 27 heavy (non-hydrogen) atoms. The first-order valence-corrected chi connectivity index (χ1v) is 8.39. The third-order valence-corrected chi connectivity index (χ3v) is 3.79. The van der Waals surface area contributed by atoms with Crippen LogP contribution >= 0.6 is 0 Å². The highest BCUT2D eigenvalue weighted by atomic mass is 16.5. The number of carbonyl (C=O) groups is 2. The molecule has 0 saturated carbocycles. The van der Waals surface area contributed by atoms with Gasteiger partial charge in [-0.1, -0.05) is 18.2 Å². The Morgan fingerprint density at radius 3 is 2.37 bits per heavy atom. The Labute approximate surface area is 158 Å². The number of hydrazone groups is 1. The summed E-state index contributed by atoms with van der Waals surface area (Å²) in [6, 6.07) is 14.1. The zero-order valence-electron chi connectivity index (χ0n) is 15.6. The molecule has 0 atom stereocenters. The minimum absolute atomic E-state index is 0.0814. The maximum atomic E-state index is 12.1. The molecule has 0 radical (unpaired) electrons. The fourth-order valence-corrected chi connectivity index (χ4v) is 2.33. The summed E-state index contributed by atoms with van der Waals surface area (Å²) in [4.78, 5) is 24.1. The topological polar surface area (TPSA) is 89.0 Å². The zero-order valence-corrected chi connectivity index (χ0v) is 15.6. The summed E-state index contributed by atoms with van der Waals surface area (Å²) in [6.07, 6.45) is 0.0814. The molecule has 2 N–H and O–H groups in total. The number of hydrogen-bond donors (Lipinski definition) is 2. The van der Waals surface area contributed by atoms with Gasteiger partial charge < -0.3 is 14.8 Å². The number of ether oxygens (including phenoxy) is 2. The van der Waals surface area contributed by atoms with Crippen molar-refractivity contribution >= 4 is 17.5 Å². The molecule has 2 aromatic carbocycles. The molecule has 0 aliphatic heterocycles. The number of rotatable bonds is 8. The Balaban J connectivity index is 1.83. The van der Waals surface area contributed by atoms with Crippen LogP contribution in [0.3, 0.4) is 0 Å². The fourth-order valence-electron chi connectivity index (χ4n) is 2.33. The Morgan fingerprint density at radius 1 is 1.00 bits per heavy atom. The molecule has 0 aliphatic carbocycles. The van der Waals surface area contributed by atoms with Crippen molar-refractivity contribution in [3.05, 3.63) is 59.7 Å². The summed E-state index contributed by atoms with van der Waals surface area (Å²) >= 11 is 0.